The maximum Gasteiger partial charge on any atom is 0.339 e. The van der Waals surface area contributed by atoms with Crippen molar-refractivity contribution in [3.8, 4) is 0 Å². The molecule has 0 unspecified atom stereocenters. The first-order valence-corrected chi connectivity index (χ1v) is 9.42. The number of nitrogens with zero attached hydrogens (tertiary/aromatic N) is 1. The summed E-state index contributed by atoms with van der Waals surface area (Å²) < 4.78 is 16.6. The molecule has 27 heavy (non-hydrogen) atoms. The van der Waals surface area contributed by atoms with E-state index in [0.717, 1.165) is 5.56 Å². The topological polar surface area (TPSA) is 116 Å². The quantitative estimate of drug-likeness (QED) is 0.461. The smallest absolute Gasteiger partial charge is 0.339 e. The molecule has 1 atom stereocenters. The molecule has 0 fully saturated rings. The van der Waals surface area contributed by atoms with Gasteiger partial charge in [-0.05, 0) is 37.1 Å². The molecule has 1 amide bonds. The Morgan fingerprint density at radius 1 is 1.19 bits per heavy atom. The Kier molecular flexibility index (Phi) is 6.40. The molecular weight excluding hydrogens is 372 g/mol. The van der Waals surface area contributed by atoms with Crippen LogP contribution in [0.15, 0.2) is 41.3 Å². The number of rotatable bonds is 6. The number of hydrogen-bond acceptors (Lipinski definition) is 6. The molecule has 0 spiro atoms. The van der Waals surface area contributed by atoms with Crippen molar-refractivity contribution < 1.29 is 23.5 Å². The van der Waals surface area contributed by atoms with Crippen molar-refractivity contribution in [2.45, 2.75) is 18.7 Å². The Hall–Kier alpha value is -3.07. The van der Waals surface area contributed by atoms with Crippen molar-refractivity contribution in [3.05, 3.63) is 63.2 Å². The van der Waals surface area contributed by atoms with Crippen LogP contribution < -0.4 is 5.32 Å². The molecule has 0 saturated heterocycles. The molecule has 0 aliphatic heterocycles. The first kappa shape index (κ1) is 20.2. The van der Waals surface area contributed by atoms with Crippen LogP contribution in [0.3, 0.4) is 0 Å². The zero-order chi connectivity index (χ0) is 20.1. The number of benzene rings is 2. The second-order valence-electron chi connectivity index (χ2n) is 5.73. The molecule has 142 valence electrons. The van der Waals surface area contributed by atoms with E-state index in [0.29, 0.717) is 10.5 Å². The lowest BCUT2D eigenvalue weighted by Crippen LogP contribution is -2.22. The third-order valence-electron chi connectivity index (χ3n) is 3.93. The molecular formula is C18H18N2O6S. The van der Waals surface area contributed by atoms with Gasteiger partial charge in [-0.2, -0.15) is 0 Å². The standard InChI is InChI=1S/C18H18N2O6S/c1-11-8-9-14(20(23)24)17(12(11)2)19-16(21)10-26-18(22)13-6-4-5-7-15(13)27(3)25/h4-9H,10H2,1-3H3,(H,19,21)/t27-/m0/s1. The fourth-order valence-electron chi connectivity index (χ4n) is 2.38. The molecule has 0 aliphatic rings. The summed E-state index contributed by atoms with van der Waals surface area (Å²) in [6, 6.07) is 9.10. The third kappa shape index (κ3) is 4.76. The van der Waals surface area contributed by atoms with Crippen LogP contribution >= 0.6 is 0 Å². The van der Waals surface area contributed by atoms with E-state index in [1.165, 1.54) is 24.5 Å². The van der Waals surface area contributed by atoms with Crippen LogP contribution in [-0.2, 0) is 20.3 Å². The van der Waals surface area contributed by atoms with Gasteiger partial charge in [0.15, 0.2) is 6.61 Å². The molecule has 0 radical (unpaired) electrons. The fraction of sp³-hybridized carbons (Fsp3) is 0.222. The Balaban J connectivity index is 2.12. The molecule has 2 aromatic rings. The van der Waals surface area contributed by atoms with Crippen molar-refractivity contribution in [1.29, 1.82) is 0 Å². The average Bonchev–Trinajstić information content (AvgIpc) is 2.63. The Morgan fingerprint density at radius 2 is 1.85 bits per heavy atom. The van der Waals surface area contributed by atoms with E-state index in [9.17, 15) is 23.9 Å². The van der Waals surface area contributed by atoms with Crippen molar-refractivity contribution in [2.75, 3.05) is 18.2 Å². The number of carbonyl (C=O) groups excluding carboxylic acids is 2. The van der Waals surface area contributed by atoms with Gasteiger partial charge in [0.25, 0.3) is 11.6 Å². The number of hydrogen-bond donors (Lipinski definition) is 1. The summed E-state index contributed by atoms with van der Waals surface area (Å²) in [5.41, 5.74) is 1.24. The SMILES string of the molecule is Cc1ccc([N+](=O)[O-])c(NC(=O)COC(=O)c2ccccc2[S@](C)=O)c1C. The van der Waals surface area contributed by atoms with Crippen LogP contribution in [0.2, 0.25) is 0 Å². The Labute approximate surface area is 158 Å². The number of anilines is 1. The lowest BCUT2D eigenvalue weighted by molar-refractivity contribution is -0.384. The summed E-state index contributed by atoms with van der Waals surface area (Å²) in [6.07, 6.45) is 1.43. The molecule has 0 aliphatic carbocycles. The minimum Gasteiger partial charge on any atom is -0.452 e. The van der Waals surface area contributed by atoms with Crippen molar-refractivity contribution >= 4 is 34.1 Å². The van der Waals surface area contributed by atoms with Crippen LogP contribution in [-0.4, -0.2) is 33.9 Å². The Bertz CT molecular complexity index is 941. The summed E-state index contributed by atoms with van der Waals surface area (Å²) in [5.74, 6) is -1.51. The van der Waals surface area contributed by atoms with Gasteiger partial charge in [-0.25, -0.2) is 4.79 Å². The van der Waals surface area contributed by atoms with Gasteiger partial charge in [0.2, 0.25) is 0 Å². The van der Waals surface area contributed by atoms with Crippen LogP contribution in [0.1, 0.15) is 21.5 Å². The highest BCUT2D eigenvalue weighted by Crippen LogP contribution is 2.30. The lowest BCUT2D eigenvalue weighted by Gasteiger charge is -2.12. The van der Waals surface area contributed by atoms with Crippen LogP contribution in [0.25, 0.3) is 0 Å². The molecule has 2 rings (SSSR count). The molecule has 0 heterocycles. The molecule has 0 bridgehead atoms. The summed E-state index contributed by atoms with van der Waals surface area (Å²) in [6.45, 7) is 2.78. The van der Waals surface area contributed by atoms with Gasteiger partial charge in [-0.1, -0.05) is 18.2 Å². The number of nitro benzene ring substituents is 1. The maximum atomic E-state index is 12.2. The fourth-order valence-corrected chi connectivity index (χ4v) is 3.11. The second-order valence-corrected chi connectivity index (χ2v) is 7.08. The molecule has 1 N–H and O–H groups in total. The summed E-state index contributed by atoms with van der Waals surface area (Å²) >= 11 is 0. The Morgan fingerprint density at radius 3 is 2.48 bits per heavy atom. The van der Waals surface area contributed by atoms with E-state index in [1.54, 1.807) is 32.0 Å². The summed E-state index contributed by atoms with van der Waals surface area (Å²) in [7, 11) is -1.40. The van der Waals surface area contributed by atoms with Crippen LogP contribution in [0.4, 0.5) is 11.4 Å². The van der Waals surface area contributed by atoms with Gasteiger partial charge >= 0.3 is 5.97 Å². The first-order chi connectivity index (χ1) is 12.7. The largest absolute Gasteiger partial charge is 0.452 e. The van der Waals surface area contributed by atoms with E-state index >= 15 is 0 Å². The van der Waals surface area contributed by atoms with E-state index in [4.69, 9.17) is 4.74 Å². The van der Waals surface area contributed by atoms with Crippen molar-refractivity contribution in [3.63, 3.8) is 0 Å². The van der Waals surface area contributed by atoms with E-state index in [-0.39, 0.29) is 16.9 Å². The number of ether oxygens (including phenoxy) is 1. The van der Waals surface area contributed by atoms with Crippen molar-refractivity contribution in [1.82, 2.24) is 0 Å². The van der Waals surface area contributed by atoms with E-state index in [2.05, 4.69) is 5.32 Å². The van der Waals surface area contributed by atoms with Gasteiger partial charge in [0.05, 0.1) is 26.2 Å². The highest BCUT2D eigenvalue weighted by atomic mass is 32.2. The lowest BCUT2D eigenvalue weighted by atomic mass is 10.1. The third-order valence-corrected chi connectivity index (χ3v) is 4.90. The van der Waals surface area contributed by atoms with E-state index < -0.39 is 34.2 Å². The number of carbonyl (C=O) groups is 2. The number of nitrogens with one attached hydrogen (secondary N) is 1. The van der Waals surface area contributed by atoms with Crippen LogP contribution in [0, 0.1) is 24.0 Å². The number of amides is 1. The highest BCUT2D eigenvalue weighted by molar-refractivity contribution is 7.84. The zero-order valence-corrected chi connectivity index (χ0v) is 15.8. The minimum absolute atomic E-state index is 0.0658. The number of esters is 1. The average molecular weight is 390 g/mol. The van der Waals surface area contributed by atoms with Gasteiger partial charge in [-0.3, -0.25) is 19.1 Å². The number of aryl methyl sites for hydroxylation is 1. The molecule has 8 nitrogen and oxygen atoms in total. The minimum atomic E-state index is -1.40. The first-order valence-electron chi connectivity index (χ1n) is 7.86. The molecule has 9 heteroatoms. The highest BCUT2D eigenvalue weighted by Gasteiger charge is 2.21. The predicted octanol–water partition coefficient (Wildman–Crippen LogP) is 2.74. The normalized spacial score (nSPS) is 11.5. The molecule has 2 aromatic carbocycles. The second kappa shape index (κ2) is 8.54. The summed E-state index contributed by atoms with van der Waals surface area (Å²) in [4.78, 5) is 35.2. The molecule has 0 aromatic heterocycles. The maximum absolute atomic E-state index is 12.2. The van der Waals surface area contributed by atoms with Gasteiger partial charge in [0.1, 0.15) is 5.69 Å². The van der Waals surface area contributed by atoms with Gasteiger partial charge in [-0.15, -0.1) is 0 Å². The zero-order valence-electron chi connectivity index (χ0n) is 15.0. The van der Waals surface area contributed by atoms with Crippen LogP contribution in [0.5, 0.6) is 0 Å². The summed E-state index contributed by atoms with van der Waals surface area (Å²) in [5, 5.41) is 13.6. The van der Waals surface area contributed by atoms with Gasteiger partial charge in [0, 0.05) is 12.3 Å². The van der Waals surface area contributed by atoms with Gasteiger partial charge < -0.3 is 10.1 Å². The van der Waals surface area contributed by atoms with Crippen molar-refractivity contribution in [2.24, 2.45) is 0 Å². The molecule has 0 saturated carbocycles. The predicted molar refractivity (Wildman–Crippen MR) is 100 cm³/mol. The monoisotopic (exact) mass is 390 g/mol. The van der Waals surface area contributed by atoms with E-state index in [1.807, 2.05) is 0 Å². The number of nitro groups is 1.